The summed E-state index contributed by atoms with van der Waals surface area (Å²) in [6, 6.07) is 57.6. The van der Waals surface area contributed by atoms with Gasteiger partial charge in [0, 0.05) is 16.3 Å². The van der Waals surface area contributed by atoms with Crippen molar-refractivity contribution in [1.29, 1.82) is 0 Å². The number of para-hydroxylation sites is 7. The molecule has 7 heteroatoms. The molecule has 5 heterocycles. The summed E-state index contributed by atoms with van der Waals surface area (Å²) >= 11 is 0. The summed E-state index contributed by atoms with van der Waals surface area (Å²) in [5, 5.41) is 4.51. The Hall–Kier alpha value is -7.25. The van der Waals surface area contributed by atoms with Gasteiger partial charge in [-0.1, -0.05) is 103 Å². The maximum absolute atomic E-state index is 5.40. The first-order valence-corrected chi connectivity index (χ1v) is 17.5. The van der Waals surface area contributed by atoms with Crippen LogP contribution in [-0.4, -0.2) is 32.9 Å². The van der Waals surface area contributed by atoms with Gasteiger partial charge in [0.05, 0.1) is 55.5 Å². The summed E-state index contributed by atoms with van der Waals surface area (Å²) in [5.41, 5.74) is 12.5. The van der Waals surface area contributed by atoms with Crippen molar-refractivity contribution >= 4 is 77.1 Å². The van der Waals surface area contributed by atoms with Crippen LogP contribution in [0.1, 0.15) is 0 Å². The van der Waals surface area contributed by atoms with E-state index in [-0.39, 0.29) is 0 Å². The lowest BCUT2D eigenvalue weighted by atomic mass is 9.99. The topological polar surface area (TPSA) is 57.4 Å². The molecule has 242 valence electrons. The van der Waals surface area contributed by atoms with E-state index in [1.807, 2.05) is 12.1 Å². The normalized spacial score (nSPS) is 12.2. The molecule has 5 aromatic heterocycles. The van der Waals surface area contributed by atoms with Crippen molar-refractivity contribution in [3.05, 3.63) is 164 Å². The molecule has 0 unspecified atom stereocenters. The van der Waals surface area contributed by atoms with Crippen molar-refractivity contribution in [2.24, 2.45) is 0 Å². The number of nitrogens with zero attached hydrogens (tertiary/aromatic N) is 7. The summed E-state index contributed by atoms with van der Waals surface area (Å²) in [6.45, 7) is 0. The molecule has 7 aromatic carbocycles. The lowest BCUT2D eigenvalue weighted by Gasteiger charge is -2.12. The number of benzene rings is 7. The monoisotopic (exact) mass is 665 g/mol. The highest BCUT2D eigenvalue weighted by atomic mass is 15.2. The lowest BCUT2D eigenvalue weighted by molar-refractivity contribution is 1.00. The van der Waals surface area contributed by atoms with E-state index in [9.17, 15) is 0 Å². The van der Waals surface area contributed by atoms with Crippen molar-refractivity contribution in [2.45, 2.75) is 0 Å². The van der Waals surface area contributed by atoms with E-state index in [1.165, 1.54) is 10.8 Å². The second-order valence-electron chi connectivity index (χ2n) is 13.4. The Labute approximate surface area is 295 Å². The minimum absolute atomic E-state index is 0.637. The van der Waals surface area contributed by atoms with Gasteiger partial charge < -0.3 is 0 Å². The Kier molecular flexibility index (Phi) is 5.38. The van der Waals surface area contributed by atoms with Crippen LogP contribution in [0.3, 0.4) is 0 Å². The van der Waals surface area contributed by atoms with Crippen molar-refractivity contribution in [3.8, 4) is 22.9 Å². The quantitative estimate of drug-likeness (QED) is 0.189. The highest BCUT2D eigenvalue weighted by Gasteiger charge is 2.22. The van der Waals surface area contributed by atoms with Gasteiger partial charge in [0.1, 0.15) is 5.65 Å². The maximum Gasteiger partial charge on any atom is 0.237 e. The van der Waals surface area contributed by atoms with Gasteiger partial charge in [-0.25, -0.2) is 15.0 Å². The molecule has 7 nitrogen and oxygen atoms in total. The fraction of sp³-hybridized carbons (Fsp3) is 0. The van der Waals surface area contributed by atoms with Crippen LogP contribution in [0.2, 0.25) is 0 Å². The number of hydrogen-bond acceptors (Lipinski definition) is 3. The third-order valence-electron chi connectivity index (χ3n) is 10.6. The molecule has 0 radical (unpaired) electrons. The second-order valence-corrected chi connectivity index (χ2v) is 13.4. The van der Waals surface area contributed by atoms with Crippen LogP contribution in [0.4, 0.5) is 0 Å². The smallest absolute Gasteiger partial charge is 0.237 e. The molecule has 0 aliphatic carbocycles. The first kappa shape index (κ1) is 27.6. The average molecular weight is 666 g/mol. The SMILES string of the molecule is c1ccc2c(-c3nc(-n4c5ccccc5n5c6cc(-n7c8ccccc8n8c9ccccc9nc78)ccc6cc45)nc4ccccc34)cccc2c1. The molecule has 52 heavy (non-hydrogen) atoms. The van der Waals surface area contributed by atoms with Gasteiger partial charge in [-0.3, -0.25) is 17.9 Å². The van der Waals surface area contributed by atoms with Gasteiger partial charge in [0.2, 0.25) is 11.7 Å². The number of aromatic nitrogens is 7. The third kappa shape index (κ3) is 3.66. The van der Waals surface area contributed by atoms with Crippen molar-refractivity contribution in [1.82, 2.24) is 32.9 Å². The lowest BCUT2D eigenvalue weighted by Crippen LogP contribution is -2.03. The minimum Gasteiger partial charge on any atom is -0.293 e. The van der Waals surface area contributed by atoms with Gasteiger partial charge in [-0.15, -0.1) is 0 Å². The molecule has 12 rings (SSSR count). The molecule has 0 saturated heterocycles. The van der Waals surface area contributed by atoms with Crippen LogP contribution in [-0.2, 0) is 0 Å². The zero-order valence-electron chi connectivity index (χ0n) is 27.7. The van der Waals surface area contributed by atoms with Gasteiger partial charge in [0.15, 0.2) is 0 Å². The van der Waals surface area contributed by atoms with E-state index in [4.69, 9.17) is 15.0 Å². The Morgan fingerprint density at radius 1 is 0.385 bits per heavy atom. The predicted molar refractivity (Wildman–Crippen MR) is 211 cm³/mol. The van der Waals surface area contributed by atoms with Crippen molar-refractivity contribution in [3.63, 3.8) is 0 Å². The van der Waals surface area contributed by atoms with Gasteiger partial charge in [-0.05, 0) is 71.4 Å². The standard InChI is InChI=1S/C45H27N7/c1-2-14-31-28(12-1)13-11-16-32(31)43-33-15-3-4-17-34(33)46-44(48-43)52-40-23-10-8-21-38(40)50-41-27-30(25-24-29(41)26-42(50)52)49-37-20-7-9-22-39(37)51-36-19-6-5-18-35(36)47-45(49)51/h1-27H. The molecule has 0 bridgehead atoms. The minimum atomic E-state index is 0.637. The molecule has 0 spiro atoms. The Bertz CT molecular complexity index is 3420. The Morgan fingerprint density at radius 2 is 1.04 bits per heavy atom. The van der Waals surface area contributed by atoms with E-state index in [0.29, 0.717) is 5.95 Å². The van der Waals surface area contributed by atoms with Crippen LogP contribution in [0.25, 0.3) is 100.0 Å². The van der Waals surface area contributed by atoms with Crippen LogP contribution in [0.15, 0.2) is 164 Å². The number of rotatable bonds is 3. The zero-order chi connectivity index (χ0) is 33.9. The molecule has 0 aliphatic heterocycles. The van der Waals surface area contributed by atoms with Crippen LogP contribution in [0.5, 0.6) is 0 Å². The highest BCUT2D eigenvalue weighted by molar-refractivity contribution is 6.04. The van der Waals surface area contributed by atoms with E-state index < -0.39 is 0 Å². The fourth-order valence-corrected chi connectivity index (χ4v) is 8.31. The Balaban J connectivity index is 1.15. The first-order valence-electron chi connectivity index (χ1n) is 17.5. The first-order chi connectivity index (χ1) is 25.8. The fourth-order valence-electron chi connectivity index (χ4n) is 8.31. The summed E-state index contributed by atoms with van der Waals surface area (Å²) in [5.74, 6) is 1.53. The Morgan fingerprint density at radius 3 is 1.88 bits per heavy atom. The highest BCUT2D eigenvalue weighted by Crippen LogP contribution is 2.37. The molecular weight excluding hydrogens is 639 g/mol. The second kappa shape index (κ2) is 10.2. The van der Waals surface area contributed by atoms with E-state index in [2.05, 4.69) is 170 Å². The predicted octanol–water partition coefficient (Wildman–Crippen LogP) is 10.5. The summed E-state index contributed by atoms with van der Waals surface area (Å²) in [7, 11) is 0. The number of fused-ring (bicyclic) bond motifs is 12. The van der Waals surface area contributed by atoms with Crippen molar-refractivity contribution < 1.29 is 0 Å². The van der Waals surface area contributed by atoms with Gasteiger partial charge in [0.25, 0.3) is 0 Å². The van der Waals surface area contributed by atoms with Crippen LogP contribution >= 0.6 is 0 Å². The third-order valence-corrected chi connectivity index (χ3v) is 10.6. The maximum atomic E-state index is 5.40. The molecule has 12 aromatic rings. The molecule has 0 saturated carbocycles. The molecular formula is C45H27N7. The van der Waals surface area contributed by atoms with Gasteiger partial charge in [-0.2, -0.15) is 0 Å². The average Bonchev–Trinajstić information content (AvgIpc) is 3.93. The van der Waals surface area contributed by atoms with Gasteiger partial charge >= 0.3 is 0 Å². The summed E-state index contributed by atoms with van der Waals surface area (Å²) in [4.78, 5) is 15.8. The summed E-state index contributed by atoms with van der Waals surface area (Å²) in [6.07, 6.45) is 0. The molecule has 0 aliphatic rings. The number of imidazole rings is 3. The van der Waals surface area contributed by atoms with E-state index in [1.54, 1.807) is 0 Å². The van der Waals surface area contributed by atoms with E-state index >= 15 is 0 Å². The molecule has 0 amide bonds. The van der Waals surface area contributed by atoms with E-state index in [0.717, 1.165) is 83.3 Å². The van der Waals surface area contributed by atoms with Crippen molar-refractivity contribution in [2.75, 3.05) is 0 Å². The molecule has 0 N–H and O–H groups in total. The zero-order valence-corrected chi connectivity index (χ0v) is 27.7. The van der Waals surface area contributed by atoms with Crippen LogP contribution in [0, 0.1) is 0 Å². The molecule has 0 atom stereocenters. The largest absolute Gasteiger partial charge is 0.293 e. The van der Waals surface area contributed by atoms with Crippen LogP contribution < -0.4 is 0 Å². The molecule has 0 fully saturated rings. The number of hydrogen-bond donors (Lipinski definition) is 0. The summed E-state index contributed by atoms with van der Waals surface area (Å²) < 4.78 is 9.09.